The Kier molecular flexibility index (Phi) is 7.41. The van der Waals surface area contributed by atoms with Crippen molar-refractivity contribution in [3.8, 4) is 0 Å². The van der Waals surface area contributed by atoms with Gasteiger partial charge in [-0.05, 0) is 37.1 Å². The van der Waals surface area contributed by atoms with E-state index in [1.165, 1.54) is 24.3 Å². The van der Waals surface area contributed by atoms with Crippen LogP contribution in [0.4, 0.5) is 10.1 Å². The maximum Gasteiger partial charge on any atom is 0.286 e. The molecule has 160 valence electrons. The molecule has 1 saturated heterocycles. The SMILES string of the molecule is COCCNC(=O)[C@H]1CCCN(C(=O)c2nnc(C(=O)Nc3ccc(F)cc3)s2)C1. The molecule has 2 N–H and O–H groups in total. The highest BCUT2D eigenvalue weighted by atomic mass is 32.1. The van der Waals surface area contributed by atoms with E-state index in [-0.39, 0.29) is 34.3 Å². The molecule has 3 rings (SSSR count). The molecule has 1 aromatic carbocycles. The molecule has 1 aliphatic heterocycles. The molecule has 1 atom stereocenters. The van der Waals surface area contributed by atoms with Crippen LogP contribution in [0.15, 0.2) is 24.3 Å². The molecule has 0 aliphatic carbocycles. The number of halogens is 1. The number of aromatic nitrogens is 2. The average Bonchev–Trinajstić information content (AvgIpc) is 3.25. The summed E-state index contributed by atoms with van der Waals surface area (Å²) in [6.45, 7) is 1.64. The van der Waals surface area contributed by atoms with Gasteiger partial charge < -0.3 is 20.3 Å². The minimum absolute atomic E-state index is 0.0218. The molecule has 0 radical (unpaired) electrons. The molecule has 30 heavy (non-hydrogen) atoms. The van der Waals surface area contributed by atoms with Crippen molar-refractivity contribution in [3.05, 3.63) is 40.1 Å². The van der Waals surface area contributed by atoms with E-state index in [2.05, 4.69) is 20.8 Å². The van der Waals surface area contributed by atoms with Crippen LogP contribution in [0.25, 0.3) is 0 Å². The van der Waals surface area contributed by atoms with Crippen molar-refractivity contribution in [2.24, 2.45) is 5.92 Å². The molecule has 2 heterocycles. The number of rotatable bonds is 7. The van der Waals surface area contributed by atoms with Crippen LogP contribution in [0, 0.1) is 11.7 Å². The lowest BCUT2D eigenvalue weighted by Gasteiger charge is -2.31. The molecule has 1 aliphatic rings. The summed E-state index contributed by atoms with van der Waals surface area (Å²) in [4.78, 5) is 38.9. The number of methoxy groups -OCH3 is 1. The molecule has 0 bridgehead atoms. The van der Waals surface area contributed by atoms with Gasteiger partial charge in [0.2, 0.25) is 15.9 Å². The second-order valence-electron chi connectivity index (χ2n) is 6.75. The standard InChI is InChI=1S/C19H22FN5O4S/c1-29-10-8-21-15(26)12-3-2-9-25(11-12)19(28)18-24-23-17(30-18)16(27)22-14-6-4-13(20)5-7-14/h4-7,12H,2-3,8-11H2,1H3,(H,21,26)(H,22,27)/t12-/m0/s1. The maximum absolute atomic E-state index is 13.0. The molecule has 3 amide bonds. The molecule has 1 fully saturated rings. The van der Waals surface area contributed by atoms with E-state index in [4.69, 9.17) is 4.74 Å². The van der Waals surface area contributed by atoms with Gasteiger partial charge in [0.25, 0.3) is 11.8 Å². The van der Waals surface area contributed by atoms with Gasteiger partial charge in [-0.25, -0.2) is 4.39 Å². The second kappa shape index (κ2) is 10.2. The first kappa shape index (κ1) is 21.8. The highest BCUT2D eigenvalue weighted by Crippen LogP contribution is 2.21. The molecule has 0 saturated carbocycles. The van der Waals surface area contributed by atoms with E-state index in [9.17, 15) is 18.8 Å². The van der Waals surface area contributed by atoms with Gasteiger partial charge in [0.1, 0.15) is 5.82 Å². The Balaban J connectivity index is 1.59. The lowest BCUT2D eigenvalue weighted by molar-refractivity contribution is -0.126. The van der Waals surface area contributed by atoms with Crippen LogP contribution in [0.2, 0.25) is 0 Å². The van der Waals surface area contributed by atoms with Crippen LogP contribution in [0.1, 0.15) is 32.4 Å². The summed E-state index contributed by atoms with van der Waals surface area (Å²) in [5.74, 6) is -1.71. The largest absolute Gasteiger partial charge is 0.383 e. The van der Waals surface area contributed by atoms with E-state index in [1.807, 2.05) is 0 Å². The van der Waals surface area contributed by atoms with Gasteiger partial charge in [-0.1, -0.05) is 11.3 Å². The Morgan fingerprint density at radius 3 is 2.70 bits per heavy atom. The van der Waals surface area contributed by atoms with E-state index in [1.54, 1.807) is 12.0 Å². The van der Waals surface area contributed by atoms with Gasteiger partial charge >= 0.3 is 0 Å². The number of anilines is 1. The molecule has 9 nitrogen and oxygen atoms in total. The fraction of sp³-hybridized carbons (Fsp3) is 0.421. The van der Waals surface area contributed by atoms with Crippen molar-refractivity contribution < 1.29 is 23.5 Å². The van der Waals surface area contributed by atoms with Crippen LogP contribution in [0.5, 0.6) is 0 Å². The molecular weight excluding hydrogens is 413 g/mol. The van der Waals surface area contributed by atoms with Crippen molar-refractivity contribution in [1.82, 2.24) is 20.4 Å². The van der Waals surface area contributed by atoms with Crippen LogP contribution in [-0.2, 0) is 9.53 Å². The Labute approximate surface area is 176 Å². The fourth-order valence-corrected chi connectivity index (χ4v) is 3.76. The van der Waals surface area contributed by atoms with Crippen molar-refractivity contribution in [2.45, 2.75) is 12.8 Å². The lowest BCUT2D eigenvalue weighted by Crippen LogP contribution is -2.45. The third kappa shape index (κ3) is 5.57. The first-order chi connectivity index (χ1) is 14.5. The Bertz CT molecular complexity index is 905. The Hall–Kier alpha value is -2.92. The van der Waals surface area contributed by atoms with Gasteiger partial charge in [0.15, 0.2) is 0 Å². The van der Waals surface area contributed by atoms with Crippen LogP contribution in [0.3, 0.4) is 0 Å². The Morgan fingerprint density at radius 2 is 1.97 bits per heavy atom. The molecule has 0 spiro atoms. The van der Waals surface area contributed by atoms with Crippen molar-refractivity contribution >= 4 is 34.7 Å². The number of nitrogens with one attached hydrogen (secondary N) is 2. The zero-order chi connectivity index (χ0) is 21.5. The number of hydrogen-bond acceptors (Lipinski definition) is 7. The van der Waals surface area contributed by atoms with Gasteiger partial charge in [-0.15, -0.1) is 10.2 Å². The summed E-state index contributed by atoms with van der Waals surface area (Å²) in [7, 11) is 1.56. The Morgan fingerprint density at radius 1 is 1.23 bits per heavy atom. The lowest BCUT2D eigenvalue weighted by atomic mass is 9.97. The first-order valence-corrected chi connectivity index (χ1v) is 10.3. The number of nitrogens with zero attached hydrogens (tertiary/aromatic N) is 3. The number of hydrogen-bond donors (Lipinski definition) is 2. The van der Waals surface area contributed by atoms with Gasteiger partial charge in [-0.2, -0.15) is 0 Å². The summed E-state index contributed by atoms with van der Waals surface area (Å²) in [5.41, 5.74) is 0.405. The smallest absolute Gasteiger partial charge is 0.286 e. The maximum atomic E-state index is 13.0. The zero-order valence-corrected chi connectivity index (χ0v) is 17.2. The molecule has 0 unspecified atom stereocenters. The zero-order valence-electron chi connectivity index (χ0n) is 16.4. The van der Waals surface area contributed by atoms with Gasteiger partial charge in [-0.3, -0.25) is 14.4 Å². The summed E-state index contributed by atoms with van der Waals surface area (Å²) in [5, 5.41) is 13.1. The number of carbonyl (C=O) groups excluding carboxylic acids is 3. The summed E-state index contributed by atoms with van der Waals surface area (Å²) < 4.78 is 17.9. The summed E-state index contributed by atoms with van der Waals surface area (Å²) in [6, 6.07) is 5.30. The number of likely N-dealkylation sites (tertiary alicyclic amines) is 1. The van der Waals surface area contributed by atoms with Crippen molar-refractivity contribution in [3.63, 3.8) is 0 Å². The molecule has 2 aromatic rings. The fourth-order valence-electron chi connectivity index (χ4n) is 3.05. The van der Waals surface area contributed by atoms with Crippen LogP contribution >= 0.6 is 11.3 Å². The highest BCUT2D eigenvalue weighted by molar-refractivity contribution is 7.15. The quantitative estimate of drug-likeness (QED) is 0.638. The summed E-state index contributed by atoms with van der Waals surface area (Å²) >= 11 is 0.875. The van der Waals surface area contributed by atoms with Crippen molar-refractivity contribution in [2.75, 3.05) is 38.7 Å². The van der Waals surface area contributed by atoms with E-state index < -0.39 is 11.7 Å². The predicted molar refractivity (Wildman–Crippen MR) is 108 cm³/mol. The summed E-state index contributed by atoms with van der Waals surface area (Å²) in [6.07, 6.45) is 1.40. The van der Waals surface area contributed by atoms with E-state index >= 15 is 0 Å². The number of carbonyl (C=O) groups is 3. The van der Waals surface area contributed by atoms with Crippen LogP contribution in [-0.4, -0.2) is 66.2 Å². The minimum Gasteiger partial charge on any atom is -0.383 e. The van der Waals surface area contributed by atoms with E-state index in [0.29, 0.717) is 38.2 Å². The number of amides is 3. The number of piperidine rings is 1. The van der Waals surface area contributed by atoms with Crippen LogP contribution < -0.4 is 10.6 Å². The topological polar surface area (TPSA) is 114 Å². The average molecular weight is 435 g/mol. The predicted octanol–water partition coefficient (Wildman–Crippen LogP) is 1.54. The third-order valence-electron chi connectivity index (χ3n) is 4.59. The van der Waals surface area contributed by atoms with Gasteiger partial charge in [0, 0.05) is 32.4 Å². The first-order valence-electron chi connectivity index (χ1n) is 9.44. The molecule has 1 aromatic heterocycles. The van der Waals surface area contributed by atoms with Gasteiger partial charge in [0.05, 0.1) is 12.5 Å². The number of benzene rings is 1. The second-order valence-corrected chi connectivity index (χ2v) is 7.73. The minimum atomic E-state index is -0.535. The molecule has 11 heteroatoms. The monoisotopic (exact) mass is 435 g/mol. The van der Waals surface area contributed by atoms with Crippen molar-refractivity contribution in [1.29, 1.82) is 0 Å². The highest BCUT2D eigenvalue weighted by Gasteiger charge is 2.30. The number of ether oxygens (including phenoxy) is 1. The van der Waals surface area contributed by atoms with E-state index in [0.717, 1.165) is 11.3 Å². The third-order valence-corrected chi connectivity index (χ3v) is 5.50. The molecular formula is C19H22FN5O4S. The normalized spacial score (nSPS) is 16.2.